The molecule has 2 nitrogen and oxygen atoms in total. The van der Waals surface area contributed by atoms with Crippen molar-refractivity contribution < 1.29 is 29.0 Å². The van der Waals surface area contributed by atoms with Gasteiger partial charge in [0.1, 0.15) is 0 Å². The van der Waals surface area contributed by atoms with Gasteiger partial charge in [-0.25, -0.2) is 0 Å². The summed E-state index contributed by atoms with van der Waals surface area (Å²) in [4.78, 5) is 0. The van der Waals surface area contributed by atoms with Crippen LogP contribution in [0.4, 0.5) is 0 Å². The summed E-state index contributed by atoms with van der Waals surface area (Å²) in [5.41, 5.74) is 0. The Bertz CT molecular complexity index is 105. The van der Waals surface area contributed by atoms with E-state index < -0.39 is 0 Å². The second kappa shape index (κ2) is 22.6. The molecule has 0 amide bonds. The summed E-state index contributed by atoms with van der Waals surface area (Å²) >= 11 is 0. The van der Waals surface area contributed by atoms with Crippen LogP contribution in [0.3, 0.4) is 0 Å². The van der Waals surface area contributed by atoms with E-state index in [1.807, 2.05) is 11.8 Å². The van der Waals surface area contributed by atoms with Gasteiger partial charge in [0.05, 0.1) is 13.2 Å². The van der Waals surface area contributed by atoms with Gasteiger partial charge in [-0.05, 0) is 0 Å². The van der Waals surface area contributed by atoms with Crippen LogP contribution in [0.5, 0.6) is 0 Å². The summed E-state index contributed by atoms with van der Waals surface area (Å²) in [6, 6.07) is 0. The maximum atomic E-state index is 6.23. The Morgan fingerprint density at radius 3 is 1.27 bits per heavy atom. The summed E-state index contributed by atoms with van der Waals surface area (Å²) in [5, 5.41) is 0. The van der Waals surface area contributed by atoms with E-state index in [0.29, 0.717) is 13.2 Å². The minimum atomic E-state index is 0. The Morgan fingerprint density at radius 1 is 1.00 bits per heavy atom. The SMILES string of the molecule is [C-]#CCOC.[C-]#CCOC.[Zn+2]. The van der Waals surface area contributed by atoms with E-state index in [-0.39, 0.29) is 19.5 Å². The molecule has 0 aromatic heterocycles. The van der Waals surface area contributed by atoms with Crippen molar-refractivity contribution in [1.29, 1.82) is 0 Å². The van der Waals surface area contributed by atoms with Gasteiger partial charge in [-0.2, -0.15) is 0 Å². The molecule has 11 heavy (non-hydrogen) atoms. The third kappa shape index (κ3) is 42.3. The second-order valence-electron chi connectivity index (χ2n) is 1.22. The molecule has 0 radical (unpaired) electrons. The molecule has 0 spiro atoms. The van der Waals surface area contributed by atoms with Gasteiger partial charge >= 0.3 is 19.5 Å². The zero-order chi connectivity index (χ0) is 8.24. The summed E-state index contributed by atoms with van der Waals surface area (Å²) in [5.74, 6) is 4.09. The van der Waals surface area contributed by atoms with Crippen LogP contribution < -0.4 is 0 Å². The number of rotatable bonds is 2. The summed E-state index contributed by atoms with van der Waals surface area (Å²) in [7, 11) is 3.06. The van der Waals surface area contributed by atoms with Gasteiger partial charge in [0.2, 0.25) is 0 Å². The Labute approximate surface area is 81.4 Å². The first kappa shape index (κ1) is 17.0. The normalized spacial score (nSPS) is 5.82. The van der Waals surface area contributed by atoms with Gasteiger partial charge in [-0.15, -0.1) is 0 Å². The molecule has 0 rings (SSSR count). The third-order valence-electron chi connectivity index (χ3n) is 0.433. The van der Waals surface area contributed by atoms with Crippen molar-refractivity contribution in [2.24, 2.45) is 0 Å². The van der Waals surface area contributed by atoms with Gasteiger partial charge in [-0.3, -0.25) is 0 Å². The molecule has 56 valence electrons. The molecule has 0 bridgehead atoms. The van der Waals surface area contributed by atoms with Crippen molar-refractivity contribution in [1.82, 2.24) is 0 Å². The van der Waals surface area contributed by atoms with Crippen LogP contribution in [0.25, 0.3) is 0 Å². The Hall–Kier alpha value is -0.337. The summed E-state index contributed by atoms with van der Waals surface area (Å²) in [6.07, 6.45) is 12.5. The fourth-order valence-electron chi connectivity index (χ4n) is 0.144. The van der Waals surface area contributed by atoms with Gasteiger partial charge in [0.15, 0.2) is 0 Å². The van der Waals surface area contributed by atoms with Crippen LogP contribution in [0.15, 0.2) is 0 Å². The standard InChI is InChI=1S/2C4H5O.Zn/c2*1-3-4-5-2;/h2*4H2,2H3;/q2*-1;+2. The Balaban J connectivity index is -0.000000107. The fourth-order valence-corrected chi connectivity index (χ4v) is 0.144. The zero-order valence-corrected chi connectivity index (χ0v) is 9.90. The Kier molecular flexibility index (Phi) is 34.9. The van der Waals surface area contributed by atoms with E-state index in [4.69, 9.17) is 12.8 Å². The predicted octanol–water partition coefficient (Wildman–Crippen LogP) is 0.443. The van der Waals surface area contributed by atoms with E-state index >= 15 is 0 Å². The van der Waals surface area contributed by atoms with Crippen molar-refractivity contribution in [2.45, 2.75) is 0 Å². The summed E-state index contributed by atoms with van der Waals surface area (Å²) in [6.45, 7) is 0.611. The predicted molar refractivity (Wildman–Crippen MR) is 38.0 cm³/mol. The largest absolute Gasteiger partial charge is 2.00 e. The smallest absolute Gasteiger partial charge is 0.691 e. The van der Waals surface area contributed by atoms with Crippen LogP contribution >= 0.6 is 0 Å². The molecular formula is C8H10O2Zn. The molecule has 0 aromatic carbocycles. The van der Waals surface area contributed by atoms with E-state index in [2.05, 4.69) is 9.47 Å². The topological polar surface area (TPSA) is 18.5 Å². The van der Waals surface area contributed by atoms with Gasteiger partial charge in [0, 0.05) is 14.2 Å². The maximum absolute atomic E-state index is 6.23. The second-order valence-corrected chi connectivity index (χ2v) is 1.22. The molecule has 0 aromatic rings. The molecule has 0 atom stereocenters. The van der Waals surface area contributed by atoms with Gasteiger partial charge < -0.3 is 34.2 Å². The van der Waals surface area contributed by atoms with E-state index in [9.17, 15) is 0 Å². The molecule has 0 fully saturated rings. The molecule has 0 saturated carbocycles. The summed E-state index contributed by atoms with van der Waals surface area (Å²) < 4.78 is 8.78. The van der Waals surface area contributed by atoms with E-state index in [1.165, 1.54) is 14.2 Å². The first-order valence-electron chi connectivity index (χ1n) is 2.60. The van der Waals surface area contributed by atoms with E-state index in [1.54, 1.807) is 0 Å². The molecule has 3 heteroatoms. The molecule has 0 saturated heterocycles. The van der Waals surface area contributed by atoms with Crippen molar-refractivity contribution in [3.05, 3.63) is 12.8 Å². The maximum Gasteiger partial charge on any atom is 2.00 e. The fraction of sp³-hybridized carbons (Fsp3) is 0.500. The first-order chi connectivity index (χ1) is 4.83. The molecule has 0 unspecified atom stereocenters. The van der Waals surface area contributed by atoms with E-state index in [0.717, 1.165) is 0 Å². The minimum absolute atomic E-state index is 0. The number of ether oxygens (including phenoxy) is 2. The minimum Gasteiger partial charge on any atom is -0.691 e. The number of hydrogen-bond acceptors (Lipinski definition) is 2. The van der Waals surface area contributed by atoms with Crippen molar-refractivity contribution in [3.63, 3.8) is 0 Å². The molecule has 0 N–H and O–H groups in total. The zero-order valence-electron chi connectivity index (χ0n) is 6.94. The van der Waals surface area contributed by atoms with Crippen LogP contribution in [0.2, 0.25) is 0 Å². The average molecular weight is 204 g/mol. The average Bonchev–Trinajstić information content (AvgIpc) is 1.93. The molecular weight excluding hydrogens is 193 g/mol. The Morgan fingerprint density at radius 2 is 1.27 bits per heavy atom. The van der Waals surface area contributed by atoms with Crippen LogP contribution in [0, 0.1) is 24.7 Å². The van der Waals surface area contributed by atoms with Crippen LogP contribution in [-0.2, 0) is 29.0 Å². The first-order valence-corrected chi connectivity index (χ1v) is 2.60. The molecule has 0 aliphatic rings. The monoisotopic (exact) mass is 202 g/mol. The van der Waals surface area contributed by atoms with Crippen molar-refractivity contribution in [2.75, 3.05) is 27.4 Å². The molecule has 0 aliphatic carbocycles. The van der Waals surface area contributed by atoms with Crippen LogP contribution in [0.1, 0.15) is 0 Å². The van der Waals surface area contributed by atoms with Crippen molar-refractivity contribution >= 4 is 0 Å². The number of hydrogen-bond donors (Lipinski definition) is 0. The quantitative estimate of drug-likeness (QED) is 0.368. The third-order valence-corrected chi connectivity index (χ3v) is 0.433. The molecule has 0 aliphatic heterocycles. The van der Waals surface area contributed by atoms with Crippen molar-refractivity contribution in [3.8, 4) is 11.8 Å². The van der Waals surface area contributed by atoms with Gasteiger partial charge in [-0.1, -0.05) is 0 Å². The van der Waals surface area contributed by atoms with Crippen LogP contribution in [-0.4, -0.2) is 27.4 Å². The molecule has 0 heterocycles. The number of methoxy groups -OCH3 is 2. The van der Waals surface area contributed by atoms with Gasteiger partial charge in [0.25, 0.3) is 0 Å².